The number of H-pyrrole nitrogens is 1. The van der Waals surface area contributed by atoms with E-state index in [1.807, 2.05) is 13.8 Å². The van der Waals surface area contributed by atoms with Crippen molar-refractivity contribution in [3.05, 3.63) is 26.7 Å². The highest BCUT2D eigenvalue weighted by Gasteiger charge is 2.16. The maximum absolute atomic E-state index is 12.2. The van der Waals surface area contributed by atoms with Gasteiger partial charge in [0.05, 0.1) is 0 Å². The van der Waals surface area contributed by atoms with Gasteiger partial charge in [-0.3, -0.25) is 13.9 Å². The zero-order valence-corrected chi connectivity index (χ0v) is 12.7. The van der Waals surface area contributed by atoms with Crippen LogP contribution in [0.1, 0.15) is 33.5 Å². The molecule has 0 aromatic carbocycles. The van der Waals surface area contributed by atoms with Crippen LogP contribution in [0.25, 0.3) is 11.2 Å². The fourth-order valence-corrected chi connectivity index (χ4v) is 2.30. The Bertz CT molecular complexity index is 734. The van der Waals surface area contributed by atoms with E-state index in [4.69, 9.17) is 0 Å². The molecule has 0 aliphatic heterocycles. The Labute approximate surface area is 117 Å². The Kier molecular flexibility index (Phi) is 3.83. The van der Waals surface area contributed by atoms with Crippen molar-refractivity contribution in [2.24, 2.45) is 18.9 Å². The van der Waals surface area contributed by atoms with Gasteiger partial charge in [-0.25, -0.2) is 9.78 Å². The number of hydrogen-bond acceptors (Lipinski definition) is 3. The molecule has 0 aliphatic rings. The summed E-state index contributed by atoms with van der Waals surface area (Å²) in [5, 5.41) is 0. The van der Waals surface area contributed by atoms with Crippen LogP contribution in [0.15, 0.2) is 9.59 Å². The molecule has 0 bridgehead atoms. The number of imidazole rings is 1. The number of fused-ring (bicyclic) bond motifs is 1. The predicted molar refractivity (Wildman–Crippen MR) is 79.0 cm³/mol. The van der Waals surface area contributed by atoms with Crippen molar-refractivity contribution in [2.75, 3.05) is 0 Å². The maximum atomic E-state index is 12.2. The minimum atomic E-state index is -0.312. The Balaban J connectivity index is 2.73. The van der Waals surface area contributed by atoms with Crippen molar-refractivity contribution in [1.82, 2.24) is 19.1 Å². The Hall–Kier alpha value is -1.85. The van der Waals surface area contributed by atoms with Gasteiger partial charge in [0.1, 0.15) is 11.3 Å². The molecular formula is C14H22N4O2. The highest BCUT2D eigenvalue weighted by molar-refractivity contribution is 5.69. The fraction of sp³-hybridized carbons (Fsp3) is 0.643. The lowest BCUT2D eigenvalue weighted by Gasteiger charge is -2.10. The van der Waals surface area contributed by atoms with Gasteiger partial charge in [-0.15, -0.1) is 0 Å². The lowest BCUT2D eigenvalue weighted by atomic mass is 10.1. The van der Waals surface area contributed by atoms with Gasteiger partial charge in [-0.1, -0.05) is 27.7 Å². The Morgan fingerprint density at radius 3 is 2.35 bits per heavy atom. The van der Waals surface area contributed by atoms with Crippen LogP contribution < -0.4 is 11.2 Å². The molecule has 0 saturated heterocycles. The van der Waals surface area contributed by atoms with Crippen LogP contribution in [-0.4, -0.2) is 19.1 Å². The van der Waals surface area contributed by atoms with Gasteiger partial charge in [0.2, 0.25) is 0 Å². The molecule has 2 rings (SSSR count). The monoisotopic (exact) mass is 278 g/mol. The van der Waals surface area contributed by atoms with E-state index in [9.17, 15) is 9.59 Å². The SMILES string of the molecule is CC(C)Cc1nc2c([nH]1)c(=O)n(C)c(=O)n2CC(C)C. The highest BCUT2D eigenvalue weighted by atomic mass is 16.2. The summed E-state index contributed by atoms with van der Waals surface area (Å²) in [7, 11) is 1.50. The molecule has 6 heteroatoms. The molecule has 0 radical (unpaired) electrons. The van der Waals surface area contributed by atoms with E-state index >= 15 is 0 Å². The quantitative estimate of drug-likeness (QED) is 0.915. The second kappa shape index (κ2) is 5.26. The van der Waals surface area contributed by atoms with Gasteiger partial charge in [-0.05, 0) is 11.8 Å². The van der Waals surface area contributed by atoms with Crippen molar-refractivity contribution in [3.8, 4) is 0 Å². The van der Waals surface area contributed by atoms with Gasteiger partial charge >= 0.3 is 5.69 Å². The normalized spacial score (nSPS) is 11.9. The topological polar surface area (TPSA) is 72.7 Å². The number of hydrogen-bond donors (Lipinski definition) is 1. The molecule has 0 fully saturated rings. The number of aromatic nitrogens is 4. The molecule has 0 saturated carbocycles. The van der Waals surface area contributed by atoms with Gasteiger partial charge in [0, 0.05) is 20.0 Å². The summed E-state index contributed by atoms with van der Waals surface area (Å²) in [6.07, 6.45) is 0.758. The summed E-state index contributed by atoms with van der Waals surface area (Å²) >= 11 is 0. The third kappa shape index (κ3) is 2.55. The highest BCUT2D eigenvalue weighted by Crippen LogP contribution is 2.10. The Morgan fingerprint density at radius 1 is 1.15 bits per heavy atom. The summed E-state index contributed by atoms with van der Waals surface area (Å²) in [4.78, 5) is 31.9. The third-order valence-electron chi connectivity index (χ3n) is 3.18. The molecule has 0 atom stereocenters. The second-order valence-corrected chi connectivity index (χ2v) is 6.13. The van der Waals surface area contributed by atoms with E-state index in [1.54, 1.807) is 4.57 Å². The van der Waals surface area contributed by atoms with Gasteiger partial charge in [0.25, 0.3) is 5.56 Å². The van der Waals surface area contributed by atoms with Crippen LogP contribution in [0.3, 0.4) is 0 Å². The molecule has 0 spiro atoms. The van der Waals surface area contributed by atoms with Crippen molar-refractivity contribution < 1.29 is 0 Å². The predicted octanol–water partition coefficient (Wildman–Crippen LogP) is 1.28. The van der Waals surface area contributed by atoms with Crippen LogP contribution in [0, 0.1) is 11.8 Å². The van der Waals surface area contributed by atoms with Crippen molar-refractivity contribution >= 4 is 11.2 Å². The van der Waals surface area contributed by atoms with E-state index in [0.717, 1.165) is 16.8 Å². The van der Waals surface area contributed by atoms with Crippen LogP contribution in [0.2, 0.25) is 0 Å². The van der Waals surface area contributed by atoms with E-state index in [2.05, 4.69) is 23.8 Å². The number of aromatic amines is 1. The maximum Gasteiger partial charge on any atom is 0.332 e. The molecule has 6 nitrogen and oxygen atoms in total. The molecule has 110 valence electrons. The largest absolute Gasteiger partial charge is 0.336 e. The number of rotatable bonds is 4. The minimum Gasteiger partial charge on any atom is -0.336 e. The van der Waals surface area contributed by atoms with Crippen LogP contribution >= 0.6 is 0 Å². The summed E-state index contributed by atoms with van der Waals surface area (Å²) in [5.74, 6) is 1.50. The van der Waals surface area contributed by atoms with Crippen molar-refractivity contribution in [2.45, 2.75) is 40.7 Å². The smallest absolute Gasteiger partial charge is 0.332 e. The number of nitrogens with zero attached hydrogens (tertiary/aromatic N) is 3. The first-order chi connectivity index (χ1) is 9.31. The summed E-state index contributed by atoms with van der Waals surface area (Å²) < 4.78 is 2.73. The molecule has 1 N–H and O–H groups in total. The molecular weight excluding hydrogens is 256 g/mol. The lowest BCUT2D eigenvalue weighted by molar-refractivity contribution is 0.500. The first kappa shape index (κ1) is 14.6. The van der Waals surface area contributed by atoms with E-state index in [1.165, 1.54) is 7.05 Å². The minimum absolute atomic E-state index is 0.304. The molecule has 2 aromatic heterocycles. The number of nitrogens with one attached hydrogen (secondary N) is 1. The standard InChI is InChI=1S/C14H22N4O2/c1-8(2)6-10-15-11-12(16-10)18(7-9(3)4)14(20)17(5)13(11)19/h8-9H,6-7H2,1-5H3,(H,15,16). The van der Waals surface area contributed by atoms with Crippen molar-refractivity contribution in [1.29, 1.82) is 0 Å². The zero-order valence-electron chi connectivity index (χ0n) is 12.7. The molecule has 20 heavy (non-hydrogen) atoms. The fourth-order valence-electron chi connectivity index (χ4n) is 2.30. The van der Waals surface area contributed by atoms with E-state index in [-0.39, 0.29) is 11.2 Å². The van der Waals surface area contributed by atoms with Gasteiger partial charge in [0.15, 0.2) is 5.65 Å². The summed E-state index contributed by atoms with van der Waals surface area (Å²) in [6.45, 7) is 8.80. The molecule has 0 aliphatic carbocycles. The molecule has 2 aromatic rings. The second-order valence-electron chi connectivity index (χ2n) is 6.13. The lowest BCUT2D eigenvalue weighted by Crippen LogP contribution is -2.38. The van der Waals surface area contributed by atoms with Crippen LogP contribution in [0.5, 0.6) is 0 Å². The first-order valence-corrected chi connectivity index (χ1v) is 6.99. The van der Waals surface area contributed by atoms with Gasteiger partial charge in [-0.2, -0.15) is 0 Å². The molecule has 2 heterocycles. The zero-order chi connectivity index (χ0) is 15.0. The first-order valence-electron chi connectivity index (χ1n) is 6.99. The van der Waals surface area contributed by atoms with E-state index in [0.29, 0.717) is 29.5 Å². The molecule has 0 unspecified atom stereocenters. The van der Waals surface area contributed by atoms with Crippen LogP contribution in [-0.2, 0) is 20.0 Å². The Morgan fingerprint density at radius 2 is 1.80 bits per heavy atom. The summed E-state index contributed by atoms with van der Waals surface area (Å²) in [5.41, 5.74) is 0.275. The van der Waals surface area contributed by atoms with E-state index < -0.39 is 0 Å². The van der Waals surface area contributed by atoms with Crippen LogP contribution in [0.4, 0.5) is 0 Å². The average molecular weight is 278 g/mol. The van der Waals surface area contributed by atoms with Gasteiger partial charge < -0.3 is 4.98 Å². The average Bonchev–Trinajstić information content (AvgIpc) is 2.74. The summed E-state index contributed by atoms with van der Waals surface area (Å²) in [6, 6.07) is 0. The van der Waals surface area contributed by atoms with Crippen molar-refractivity contribution in [3.63, 3.8) is 0 Å². The molecule has 0 amide bonds. The third-order valence-corrected chi connectivity index (χ3v) is 3.18.